The molecule has 1 aliphatic rings. The number of thiophene rings is 1. The van der Waals surface area contributed by atoms with Gasteiger partial charge in [-0.05, 0) is 46.8 Å². The summed E-state index contributed by atoms with van der Waals surface area (Å²) in [6.07, 6.45) is -0.297. The Morgan fingerprint density at radius 2 is 2.09 bits per heavy atom. The quantitative estimate of drug-likeness (QED) is 0.913. The topological polar surface area (TPSA) is 50.8 Å². The molecule has 0 radical (unpaired) electrons. The van der Waals surface area contributed by atoms with E-state index >= 15 is 0 Å². The normalized spacial score (nSPS) is 23.1. The minimum Gasteiger partial charge on any atom is -0.444 e. The largest absolute Gasteiger partial charge is 0.444 e. The van der Waals surface area contributed by atoms with Crippen molar-refractivity contribution in [3.8, 4) is 0 Å². The minimum absolute atomic E-state index is 0.0222. The Kier molecular flexibility index (Phi) is 5.70. The average molecular weight is 340 g/mol. The number of likely N-dealkylation sites (tertiary alicyclic amines) is 1. The number of hydrogen-bond acceptors (Lipinski definition) is 5. The van der Waals surface area contributed by atoms with Gasteiger partial charge in [-0.15, -0.1) is 11.3 Å². The van der Waals surface area contributed by atoms with Gasteiger partial charge in [0.15, 0.2) is 0 Å². The lowest BCUT2D eigenvalue weighted by molar-refractivity contribution is 0.0252. The molecule has 3 atom stereocenters. The summed E-state index contributed by atoms with van der Waals surface area (Å²) in [5.74, 6) is 0. The molecular formula is C17H28N2O3S. The van der Waals surface area contributed by atoms with Crippen molar-refractivity contribution in [3.05, 3.63) is 21.9 Å². The lowest BCUT2D eigenvalue weighted by Gasteiger charge is -2.24. The molecule has 6 heteroatoms. The van der Waals surface area contributed by atoms with Crippen LogP contribution in [0.15, 0.2) is 12.1 Å². The van der Waals surface area contributed by atoms with Crippen molar-refractivity contribution in [3.63, 3.8) is 0 Å². The predicted molar refractivity (Wildman–Crippen MR) is 93.0 cm³/mol. The third-order valence-electron chi connectivity index (χ3n) is 3.87. The molecule has 0 aromatic carbocycles. The van der Waals surface area contributed by atoms with Crippen LogP contribution in [0.3, 0.4) is 0 Å². The highest BCUT2D eigenvalue weighted by atomic mass is 32.1. The number of carbonyl (C=O) groups is 1. The number of ether oxygens (including phenoxy) is 2. The third kappa shape index (κ3) is 4.93. The van der Waals surface area contributed by atoms with Gasteiger partial charge in [0.1, 0.15) is 5.60 Å². The van der Waals surface area contributed by atoms with Crippen LogP contribution in [0.1, 0.15) is 43.5 Å². The van der Waals surface area contributed by atoms with E-state index in [4.69, 9.17) is 9.47 Å². The zero-order valence-corrected chi connectivity index (χ0v) is 15.7. The summed E-state index contributed by atoms with van der Waals surface area (Å²) in [6.45, 7) is 11.1. The maximum absolute atomic E-state index is 12.2. The number of nitrogens with zero attached hydrogens (tertiary/aromatic N) is 1. The van der Waals surface area contributed by atoms with Crippen molar-refractivity contribution in [1.82, 2.24) is 10.2 Å². The molecule has 2 unspecified atom stereocenters. The Morgan fingerprint density at radius 3 is 2.61 bits per heavy atom. The van der Waals surface area contributed by atoms with E-state index in [9.17, 15) is 4.79 Å². The second kappa shape index (κ2) is 7.20. The third-order valence-corrected chi connectivity index (χ3v) is 5.06. The number of amides is 1. The number of aryl methyl sites for hydroxylation is 1. The number of nitrogens with one attached hydrogen (secondary N) is 1. The Hall–Kier alpha value is -1.11. The van der Waals surface area contributed by atoms with Crippen molar-refractivity contribution in [2.75, 3.05) is 20.2 Å². The number of methoxy groups -OCH3 is 1. The standard InChI is InChI=1S/C17H28N2O3S/c1-11-7-8-15(23-11)12(2)18-13-9-19(10-14(13)21-6)16(20)22-17(3,4)5/h7-8,12-14,18H,9-10H2,1-6H3/t12?,13?,14-/m0/s1. The van der Waals surface area contributed by atoms with Gasteiger partial charge in [0.2, 0.25) is 0 Å². The maximum atomic E-state index is 12.2. The van der Waals surface area contributed by atoms with E-state index in [1.807, 2.05) is 20.8 Å². The monoisotopic (exact) mass is 340 g/mol. The van der Waals surface area contributed by atoms with Crippen molar-refractivity contribution in [2.45, 2.75) is 58.4 Å². The maximum Gasteiger partial charge on any atom is 0.410 e. The molecule has 1 fully saturated rings. The van der Waals surface area contributed by atoms with Crippen LogP contribution < -0.4 is 5.32 Å². The summed E-state index contributed by atoms with van der Waals surface area (Å²) < 4.78 is 11.0. The highest BCUT2D eigenvalue weighted by Crippen LogP contribution is 2.25. The Bertz CT molecular complexity index is 538. The summed E-state index contributed by atoms with van der Waals surface area (Å²) in [5, 5.41) is 3.59. The van der Waals surface area contributed by atoms with Crippen LogP contribution >= 0.6 is 11.3 Å². The van der Waals surface area contributed by atoms with Gasteiger partial charge in [-0.25, -0.2) is 4.79 Å². The van der Waals surface area contributed by atoms with Crippen LogP contribution in [-0.2, 0) is 9.47 Å². The molecule has 130 valence electrons. The highest BCUT2D eigenvalue weighted by Gasteiger charge is 2.38. The molecule has 2 heterocycles. The molecule has 1 amide bonds. The molecular weight excluding hydrogens is 312 g/mol. The van der Waals surface area contributed by atoms with E-state index in [0.29, 0.717) is 13.1 Å². The number of rotatable bonds is 4. The fraction of sp³-hybridized carbons (Fsp3) is 0.706. The molecule has 0 spiro atoms. The summed E-state index contributed by atoms with van der Waals surface area (Å²) >= 11 is 1.79. The van der Waals surface area contributed by atoms with Gasteiger partial charge in [-0.1, -0.05) is 0 Å². The summed E-state index contributed by atoms with van der Waals surface area (Å²) in [5.41, 5.74) is -0.479. The van der Waals surface area contributed by atoms with E-state index in [1.165, 1.54) is 9.75 Å². The first kappa shape index (κ1) is 18.2. The van der Waals surface area contributed by atoms with Crippen LogP contribution in [0.2, 0.25) is 0 Å². The average Bonchev–Trinajstić information content (AvgIpc) is 3.03. The zero-order valence-electron chi connectivity index (χ0n) is 14.9. The molecule has 1 N–H and O–H groups in total. The van der Waals surface area contributed by atoms with Gasteiger partial charge < -0.3 is 19.7 Å². The molecule has 2 rings (SSSR count). The van der Waals surface area contributed by atoms with Crippen LogP contribution in [0.25, 0.3) is 0 Å². The van der Waals surface area contributed by atoms with Crippen LogP contribution in [0.5, 0.6) is 0 Å². The van der Waals surface area contributed by atoms with E-state index < -0.39 is 5.60 Å². The molecule has 23 heavy (non-hydrogen) atoms. The number of hydrogen-bond donors (Lipinski definition) is 1. The van der Waals surface area contributed by atoms with Gasteiger partial charge >= 0.3 is 6.09 Å². The van der Waals surface area contributed by atoms with E-state index in [-0.39, 0.29) is 24.3 Å². The molecule has 1 aromatic heterocycles. The molecule has 1 aliphatic heterocycles. The first-order chi connectivity index (χ1) is 10.7. The van der Waals surface area contributed by atoms with Gasteiger partial charge in [-0.3, -0.25) is 0 Å². The summed E-state index contributed by atoms with van der Waals surface area (Å²) in [6, 6.07) is 4.62. The summed E-state index contributed by atoms with van der Waals surface area (Å²) in [4.78, 5) is 16.6. The molecule has 0 saturated carbocycles. The second-order valence-corrected chi connectivity index (χ2v) is 8.42. The summed E-state index contributed by atoms with van der Waals surface area (Å²) in [7, 11) is 1.69. The smallest absolute Gasteiger partial charge is 0.410 e. The van der Waals surface area contributed by atoms with E-state index in [2.05, 4.69) is 31.3 Å². The van der Waals surface area contributed by atoms with Crippen molar-refractivity contribution in [1.29, 1.82) is 0 Å². The Labute approximate surface area is 143 Å². The van der Waals surface area contributed by atoms with Gasteiger partial charge in [0, 0.05) is 29.5 Å². The van der Waals surface area contributed by atoms with Gasteiger partial charge in [0.05, 0.1) is 18.7 Å². The van der Waals surface area contributed by atoms with Crippen LogP contribution in [-0.4, -0.2) is 48.9 Å². The fourth-order valence-electron chi connectivity index (χ4n) is 2.74. The lowest BCUT2D eigenvalue weighted by Crippen LogP contribution is -2.41. The van der Waals surface area contributed by atoms with E-state index in [0.717, 1.165) is 0 Å². The van der Waals surface area contributed by atoms with E-state index in [1.54, 1.807) is 23.3 Å². The van der Waals surface area contributed by atoms with Crippen molar-refractivity contribution < 1.29 is 14.3 Å². The zero-order chi connectivity index (χ0) is 17.2. The predicted octanol–water partition coefficient (Wildman–Crippen LogP) is 3.34. The Morgan fingerprint density at radius 1 is 1.39 bits per heavy atom. The lowest BCUT2D eigenvalue weighted by atomic mass is 10.1. The fourth-order valence-corrected chi connectivity index (χ4v) is 3.63. The number of carbonyl (C=O) groups excluding carboxylic acids is 1. The van der Waals surface area contributed by atoms with Crippen LogP contribution in [0, 0.1) is 6.92 Å². The Balaban J connectivity index is 1.97. The highest BCUT2D eigenvalue weighted by molar-refractivity contribution is 7.12. The molecule has 0 bridgehead atoms. The molecule has 5 nitrogen and oxygen atoms in total. The minimum atomic E-state index is -0.479. The molecule has 1 aromatic rings. The van der Waals surface area contributed by atoms with Crippen LogP contribution in [0.4, 0.5) is 4.79 Å². The first-order valence-electron chi connectivity index (χ1n) is 8.02. The van der Waals surface area contributed by atoms with Gasteiger partial charge in [0.25, 0.3) is 0 Å². The van der Waals surface area contributed by atoms with Crippen molar-refractivity contribution >= 4 is 17.4 Å². The first-order valence-corrected chi connectivity index (χ1v) is 8.84. The molecule has 0 aliphatic carbocycles. The molecule has 1 saturated heterocycles. The van der Waals surface area contributed by atoms with Gasteiger partial charge in [-0.2, -0.15) is 0 Å². The second-order valence-electron chi connectivity index (χ2n) is 7.10. The van der Waals surface area contributed by atoms with Crippen molar-refractivity contribution in [2.24, 2.45) is 0 Å². The SMILES string of the molecule is CO[C@H]1CN(C(=O)OC(C)(C)C)CC1NC(C)c1ccc(C)s1.